The van der Waals surface area contributed by atoms with Gasteiger partial charge >= 0.3 is 0 Å². The predicted octanol–water partition coefficient (Wildman–Crippen LogP) is 5.27. The third-order valence-corrected chi connectivity index (χ3v) is 4.39. The van der Waals surface area contributed by atoms with Crippen LogP contribution < -0.4 is 0 Å². The van der Waals surface area contributed by atoms with E-state index in [1.54, 1.807) is 6.07 Å². The molecule has 0 saturated heterocycles. The third kappa shape index (κ3) is 2.88. The minimum Gasteiger partial charge on any atom is -0.0884 e. The second-order valence-corrected chi connectivity index (χ2v) is 5.40. The van der Waals surface area contributed by atoms with Gasteiger partial charge in [-0.15, -0.1) is 0 Å². The second-order valence-electron chi connectivity index (χ2n) is 3.38. The van der Waals surface area contributed by atoms with Crippen molar-refractivity contribution in [2.45, 2.75) is 31.0 Å². The number of alkyl halides is 1. The molecular weight excluding hydrogens is 283 g/mol. The summed E-state index contributed by atoms with van der Waals surface area (Å²) in [6.07, 6.45) is 1.08. The molecule has 0 heterocycles. The topological polar surface area (TPSA) is 0 Å². The maximum absolute atomic E-state index is 6.12. The van der Waals surface area contributed by atoms with Crippen LogP contribution in [0, 0.1) is 0 Å². The van der Waals surface area contributed by atoms with Crippen LogP contribution in [0.4, 0.5) is 0 Å². The predicted molar refractivity (Wildman–Crippen MR) is 67.9 cm³/mol. The van der Waals surface area contributed by atoms with Gasteiger partial charge in [0, 0.05) is 14.9 Å². The lowest BCUT2D eigenvalue weighted by molar-refractivity contribution is 0.694. The van der Waals surface area contributed by atoms with Gasteiger partial charge in [-0.05, 0) is 30.0 Å². The summed E-state index contributed by atoms with van der Waals surface area (Å²) in [5, 5.41) is 1.44. The van der Waals surface area contributed by atoms with Gasteiger partial charge in [0.05, 0.1) is 0 Å². The van der Waals surface area contributed by atoms with E-state index in [0.717, 1.165) is 17.0 Å². The Morgan fingerprint density at radius 2 is 2.00 bits per heavy atom. The lowest BCUT2D eigenvalue weighted by Gasteiger charge is -2.18. The fraction of sp³-hybridized carbons (Fsp3) is 0.455. The van der Waals surface area contributed by atoms with Crippen LogP contribution in [0.15, 0.2) is 18.2 Å². The van der Waals surface area contributed by atoms with Crippen molar-refractivity contribution in [3.63, 3.8) is 0 Å². The van der Waals surface area contributed by atoms with Gasteiger partial charge in [-0.1, -0.05) is 59.0 Å². The average molecular weight is 296 g/mol. The van der Waals surface area contributed by atoms with Crippen LogP contribution in [0.2, 0.25) is 10.0 Å². The molecule has 2 unspecified atom stereocenters. The molecule has 0 nitrogen and oxygen atoms in total. The molecule has 1 aromatic rings. The van der Waals surface area contributed by atoms with Crippen LogP contribution >= 0.6 is 39.1 Å². The maximum atomic E-state index is 6.12. The summed E-state index contributed by atoms with van der Waals surface area (Å²) < 4.78 is 0. The smallest absolute Gasteiger partial charge is 0.0455 e. The lowest BCUT2D eigenvalue weighted by Crippen LogP contribution is -2.08. The van der Waals surface area contributed by atoms with E-state index < -0.39 is 0 Å². The van der Waals surface area contributed by atoms with E-state index in [-0.39, 0.29) is 0 Å². The largest absolute Gasteiger partial charge is 0.0884 e. The van der Waals surface area contributed by atoms with Crippen molar-refractivity contribution in [1.82, 2.24) is 0 Å². The highest BCUT2D eigenvalue weighted by atomic mass is 79.9. The summed E-state index contributed by atoms with van der Waals surface area (Å²) in [5.41, 5.74) is 1.15. The first-order chi connectivity index (χ1) is 6.56. The Labute approximate surface area is 104 Å². The van der Waals surface area contributed by atoms with Crippen LogP contribution in [0.25, 0.3) is 0 Å². The molecule has 0 aromatic heterocycles. The normalized spacial score (nSPS) is 15.2. The molecule has 0 saturated carbocycles. The van der Waals surface area contributed by atoms with E-state index in [2.05, 4.69) is 29.8 Å². The number of rotatable bonds is 3. The zero-order valence-corrected chi connectivity index (χ0v) is 11.3. The van der Waals surface area contributed by atoms with Crippen LogP contribution in [0.1, 0.15) is 31.7 Å². The first-order valence-corrected chi connectivity index (χ1v) is 6.32. The van der Waals surface area contributed by atoms with E-state index in [1.807, 2.05) is 12.1 Å². The molecule has 0 spiro atoms. The van der Waals surface area contributed by atoms with Gasteiger partial charge in [-0.2, -0.15) is 0 Å². The van der Waals surface area contributed by atoms with E-state index in [9.17, 15) is 0 Å². The molecule has 78 valence electrons. The molecule has 0 bridgehead atoms. The van der Waals surface area contributed by atoms with Crippen LogP contribution in [-0.2, 0) is 0 Å². The van der Waals surface area contributed by atoms with E-state index in [4.69, 9.17) is 23.2 Å². The van der Waals surface area contributed by atoms with E-state index >= 15 is 0 Å². The molecule has 0 aliphatic rings. The fourth-order valence-electron chi connectivity index (χ4n) is 1.42. The molecule has 0 aliphatic carbocycles. The van der Waals surface area contributed by atoms with Crippen LogP contribution in [0.3, 0.4) is 0 Å². The van der Waals surface area contributed by atoms with Crippen molar-refractivity contribution in [3.8, 4) is 0 Å². The highest BCUT2D eigenvalue weighted by Gasteiger charge is 2.16. The minimum absolute atomic E-state index is 0.407. The molecule has 0 N–H and O–H groups in total. The summed E-state index contributed by atoms with van der Waals surface area (Å²) in [4.78, 5) is 0.459. The third-order valence-electron chi connectivity index (χ3n) is 2.39. The van der Waals surface area contributed by atoms with Crippen molar-refractivity contribution in [1.29, 1.82) is 0 Å². The van der Waals surface area contributed by atoms with Gasteiger partial charge in [0.2, 0.25) is 0 Å². The molecule has 14 heavy (non-hydrogen) atoms. The highest BCUT2D eigenvalue weighted by molar-refractivity contribution is 9.09. The van der Waals surface area contributed by atoms with E-state index in [1.165, 1.54) is 0 Å². The molecule has 1 aromatic carbocycles. The number of benzene rings is 1. The fourth-order valence-corrected chi connectivity index (χ4v) is 2.28. The van der Waals surface area contributed by atoms with Crippen molar-refractivity contribution >= 4 is 39.1 Å². The molecular formula is C11H13BrCl2. The van der Waals surface area contributed by atoms with E-state index in [0.29, 0.717) is 15.8 Å². The Balaban J connectivity index is 2.95. The minimum atomic E-state index is 0.407. The number of hydrogen-bond donors (Lipinski definition) is 0. The Bertz CT molecular complexity index is 312. The molecule has 0 amide bonds. The molecule has 2 atom stereocenters. The van der Waals surface area contributed by atoms with Crippen molar-refractivity contribution in [2.75, 3.05) is 0 Å². The quantitative estimate of drug-likeness (QED) is 0.666. The number of hydrogen-bond acceptors (Lipinski definition) is 0. The molecule has 0 fully saturated rings. The zero-order chi connectivity index (χ0) is 10.7. The molecule has 1 rings (SSSR count). The van der Waals surface area contributed by atoms with Gasteiger partial charge in [0.1, 0.15) is 0 Å². The summed E-state index contributed by atoms with van der Waals surface area (Å²) in [6.45, 7) is 4.32. The molecule has 3 heteroatoms. The molecule has 0 radical (unpaired) electrons. The molecule has 0 aliphatic heterocycles. The van der Waals surface area contributed by atoms with Crippen molar-refractivity contribution in [3.05, 3.63) is 33.8 Å². The summed E-state index contributed by atoms with van der Waals surface area (Å²) >= 11 is 15.6. The Morgan fingerprint density at radius 1 is 1.36 bits per heavy atom. The van der Waals surface area contributed by atoms with Gasteiger partial charge in [0.15, 0.2) is 0 Å². The van der Waals surface area contributed by atoms with Crippen LogP contribution in [-0.4, -0.2) is 4.83 Å². The van der Waals surface area contributed by atoms with Crippen molar-refractivity contribution in [2.24, 2.45) is 0 Å². The monoisotopic (exact) mass is 294 g/mol. The zero-order valence-electron chi connectivity index (χ0n) is 8.23. The summed E-state index contributed by atoms with van der Waals surface area (Å²) in [6, 6.07) is 5.68. The maximum Gasteiger partial charge on any atom is 0.0455 e. The van der Waals surface area contributed by atoms with Gasteiger partial charge in [-0.3, -0.25) is 0 Å². The lowest BCUT2D eigenvalue weighted by atomic mass is 9.96. The first-order valence-electron chi connectivity index (χ1n) is 4.65. The Morgan fingerprint density at radius 3 is 2.50 bits per heavy atom. The average Bonchev–Trinajstić information content (AvgIpc) is 2.15. The summed E-state index contributed by atoms with van der Waals surface area (Å²) in [7, 11) is 0. The van der Waals surface area contributed by atoms with Crippen molar-refractivity contribution < 1.29 is 0 Å². The number of halogens is 3. The first kappa shape index (κ1) is 12.4. The summed E-state index contributed by atoms with van der Waals surface area (Å²) in [5.74, 6) is 0.407. The van der Waals surface area contributed by atoms with Gasteiger partial charge < -0.3 is 0 Å². The van der Waals surface area contributed by atoms with Gasteiger partial charge in [-0.25, -0.2) is 0 Å². The van der Waals surface area contributed by atoms with Gasteiger partial charge in [0.25, 0.3) is 0 Å². The second kappa shape index (κ2) is 5.39. The highest BCUT2D eigenvalue weighted by Crippen LogP contribution is 2.33. The standard InChI is InChI=1S/C11H13BrCl2/c1-3-10(12)7(2)9-5-4-8(13)6-11(9)14/h4-7,10H,3H2,1-2H3. The Kier molecular flexibility index (Phi) is 4.75. The Hall–Kier alpha value is 0.280. The SMILES string of the molecule is CCC(Br)C(C)c1ccc(Cl)cc1Cl. The van der Waals surface area contributed by atoms with Crippen LogP contribution in [0.5, 0.6) is 0 Å².